The van der Waals surface area contributed by atoms with Gasteiger partial charge < -0.3 is 10.1 Å². The molecule has 1 amide bonds. The minimum Gasteiger partial charge on any atom is -0.496 e. The number of nitrogens with one attached hydrogen (secondary N) is 1. The van der Waals surface area contributed by atoms with Gasteiger partial charge in [-0.2, -0.15) is 4.31 Å². The van der Waals surface area contributed by atoms with E-state index in [0.717, 1.165) is 55.2 Å². The number of rotatable bonds is 6. The van der Waals surface area contributed by atoms with Crippen LogP contribution in [0.15, 0.2) is 41.3 Å². The van der Waals surface area contributed by atoms with E-state index in [1.807, 2.05) is 24.3 Å². The molecule has 2 aromatic rings. The Balaban J connectivity index is 1.14. The number of piperidine rings is 1. The van der Waals surface area contributed by atoms with Crippen LogP contribution in [0.2, 0.25) is 0 Å². The van der Waals surface area contributed by atoms with Crippen molar-refractivity contribution in [2.24, 2.45) is 28.6 Å². The van der Waals surface area contributed by atoms with Gasteiger partial charge in [0.25, 0.3) is 0 Å². The lowest BCUT2D eigenvalue weighted by molar-refractivity contribution is -0.161. The van der Waals surface area contributed by atoms with E-state index in [9.17, 15) is 13.2 Å². The molecule has 6 atom stereocenters. The van der Waals surface area contributed by atoms with Crippen LogP contribution in [0.1, 0.15) is 57.8 Å². The molecular weight excluding hydrogens is 472 g/mol. The second-order valence-electron chi connectivity index (χ2n) is 12.2. The number of amides is 1. The van der Waals surface area contributed by atoms with E-state index in [-0.39, 0.29) is 22.8 Å². The van der Waals surface area contributed by atoms with Gasteiger partial charge in [0, 0.05) is 29.9 Å². The second kappa shape index (κ2) is 7.94. The lowest BCUT2D eigenvalue weighted by Crippen LogP contribution is -2.61. The fraction of sp³-hybridized carbons (Fsp3) is 0.621. The summed E-state index contributed by atoms with van der Waals surface area (Å²) in [6.07, 6.45) is 9.85. The highest BCUT2D eigenvalue weighted by molar-refractivity contribution is 7.89. The molecule has 0 radical (unpaired) electrons. The minimum absolute atomic E-state index is 0.182. The summed E-state index contributed by atoms with van der Waals surface area (Å²) in [5.41, 5.74) is 0.0726. The van der Waals surface area contributed by atoms with Crippen molar-refractivity contribution in [3.05, 3.63) is 36.4 Å². The van der Waals surface area contributed by atoms with Gasteiger partial charge in [-0.15, -0.1) is 0 Å². The Kier molecular flexibility index (Phi) is 5.08. The molecule has 1 heterocycles. The molecule has 36 heavy (non-hydrogen) atoms. The van der Waals surface area contributed by atoms with Crippen molar-refractivity contribution in [2.75, 3.05) is 20.2 Å². The van der Waals surface area contributed by atoms with Gasteiger partial charge in [0.05, 0.1) is 17.4 Å². The number of carbonyl (C=O) groups is 1. The summed E-state index contributed by atoms with van der Waals surface area (Å²) in [6.45, 7) is 0.896. The summed E-state index contributed by atoms with van der Waals surface area (Å²) in [5.74, 6) is 3.18. The maximum absolute atomic E-state index is 14.0. The molecule has 4 saturated carbocycles. The topological polar surface area (TPSA) is 75.7 Å². The Morgan fingerprint density at radius 2 is 1.83 bits per heavy atom. The molecular formula is C29H36N2O4S. The van der Waals surface area contributed by atoms with Gasteiger partial charge in [-0.3, -0.25) is 4.79 Å². The molecule has 5 aliphatic rings. The van der Waals surface area contributed by atoms with Crippen LogP contribution in [-0.2, 0) is 14.8 Å². The first-order valence-electron chi connectivity index (χ1n) is 13.7. The third-order valence-corrected chi connectivity index (χ3v) is 12.7. The molecule has 7 rings (SSSR count). The fourth-order valence-electron chi connectivity index (χ4n) is 9.44. The second-order valence-corrected chi connectivity index (χ2v) is 14.1. The smallest absolute Gasteiger partial charge is 0.244 e. The predicted molar refractivity (Wildman–Crippen MR) is 138 cm³/mol. The number of hydrogen-bond donors (Lipinski definition) is 1. The summed E-state index contributed by atoms with van der Waals surface area (Å²) in [5, 5.41) is 4.78. The average Bonchev–Trinajstić information content (AvgIpc) is 3.21. The van der Waals surface area contributed by atoms with Crippen molar-refractivity contribution in [2.45, 2.75) is 68.7 Å². The van der Waals surface area contributed by atoms with E-state index in [1.54, 1.807) is 23.5 Å². The van der Waals surface area contributed by atoms with Crippen molar-refractivity contribution in [3.8, 4) is 5.75 Å². The van der Waals surface area contributed by atoms with Crippen LogP contribution in [0.3, 0.4) is 0 Å². The van der Waals surface area contributed by atoms with E-state index < -0.39 is 10.0 Å². The molecule has 3 bridgehead atoms. The number of benzene rings is 2. The summed E-state index contributed by atoms with van der Waals surface area (Å²) in [7, 11) is -2.13. The number of methoxy groups -OCH3 is 1. The van der Waals surface area contributed by atoms with Crippen LogP contribution in [-0.4, -0.2) is 44.9 Å². The molecule has 6 nitrogen and oxygen atoms in total. The molecule has 1 spiro atoms. The van der Waals surface area contributed by atoms with Crippen molar-refractivity contribution >= 4 is 26.7 Å². The van der Waals surface area contributed by atoms with Gasteiger partial charge in [0.2, 0.25) is 15.9 Å². The van der Waals surface area contributed by atoms with Crippen LogP contribution >= 0.6 is 0 Å². The number of hydrogen-bond acceptors (Lipinski definition) is 4. The van der Waals surface area contributed by atoms with Crippen LogP contribution in [0.5, 0.6) is 5.75 Å². The number of ether oxygens (including phenoxy) is 1. The van der Waals surface area contributed by atoms with E-state index >= 15 is 0 Å². The Labute approximate surface area is 213 Å². The lowest BCUT2D eigenvalue weighted by Gasteiger charge is -2.57. The molecule has 7 heteroatoms. The number of sulfonamides is 1. The van der Waals surface area contributed by atoms with Crippen LogP contribution < -0.4 is 10.1 Å². The van der Waals surface area contributed by atoms with Crippen LogP contribution in [0, 0.1) is 28.6 Å². The Bertz CT molecular complexity index is 1340. The number of carbonyl (C=O) groups excluding carboxylic acids is 1. The highest BCUT2D eigenvalue weighted by Gasteiger charge is 2.76. The van der Waals surface area contributed by atoms with E-state index in [1.165, 1.54) is 25.7 Å². The first kappa shape index (κ1) is 23.0. The highest BCUT2D eigenvalue weighted by atomic mass is 32.2. The number of fused-ring (bicyclic) bond motifs is 3. The Hall–Kier alpha value is -2.12. The summed E-state index contributed by atoms with van der Waals surface area (Å²) >= 11 is 0. The van der Waals surface area contributed by atoms with Gasteiger partial charge in [-0.1, -0.05) is 30.7 Å². The molecule has 192 valence electrons. The Morgan fingerprint density at radius 1 is 1.03 bits per heavy atom. The predicted octanol–water partition coefficient (Wildman–Crippen LogP) is 4.72. The zero-order chi connectivity index (χ0) is 24.7. The molecule has 2 aromatic carbocycles. The molecule has 4 aliphatic carbocycles. The van der Waals surface area contributed by atoms with E-state index in [2.05, 4.69) is 5.32 Å². The maximum atomic E-state index is 14.0. The summed E-state index contributed by atoms with van der Waals surface area (Å²) < 4.78 is 35.2. The molecule has 5 fully saturated rings. The van der Waals surface area contributed by atoms with Gasteiger partial charge in [-0.25, -0.2) is 8.42 Å². The third kappa shape index (κ3) is 2.99. The zero-order valence-corrected chi connectivity index (χ0v) is 21.9. The third-order valence-electron chi connectivity index (χ3n) is 10.7. The Morgan fingerprint density at radius 3 is 2.67 bits per heavy atom. The molecule has 1 N–H and O–H groups in total. The number of nitrogens with zero attached hydrogens (tertiary/aromatic N) is 1. The van der Waals surface area contributed by atoms with Crippen LogP contribution in [0.25, 0.3) is 10.8 Å². The quantitative estimate of drug-likeness (QED) is 0.612. The van der Waals surface area contributed by atoms with E-state index in [4.69, 9.17) is 4.74 Å². The standard InChI is InChI=1S/C29H36N2O4S/c1-35-25-9-10-26(24-8-3-2-7-23(24)25)36(33,34)31-11-5-4-6-22(31)18-30-27(32)29-16-20-12-19-13-21(17-29)28(29,14-19)15-20/h2-3,7-10,19-22H,4-6,11-18H2,1H3,(H,30,32)/t19-,20+,21+,22?,28?,29?/m0/s1. The lowest BCUT2D eigenvalue weighted by atomic mass is 9.46. The summed E-state index contributed by atoms with van der Waals surface area (Å²) in [4.78, 5) is 14.1. The minimum atomic E-state index is -3.73. The highest BCUT2D eigenvalue weighted by Crippen LogP contribution is 2.81. The molecule has 3 unspecified atom stereocenters. The van der Waals surface area contributed by atoms with Crippen molar-refractivity contribution in [1.29, 1.82) is 0 Å². The normalized spacial score (nSPS) is 37.0. The molecule has 1 aliphatic heterocycles. The van der Waals surface area contributed by atoms with Gasteiger partial charge in [-0.05, 0) is 86.7 Å². The first-order chi connectivity index (χ1) is 17.4. The molecule has 0 aromatic heterocycles. The zero-order valence-electron chi connectivity index (χ0n) is 21.0. The molecule has 1 saturated heterocycles. The van der Waals surface area contributed by atoms with E-state index in [0.29, 0.717) is 29.1 Å². The van der Waals surface area contributed by atoms with Gasteiger partial charge in [0.15, 0.2) is 0 Å². The largest absolute Gasteiger partial charge is 0.496 e. The monoisotopic (exact) mass is 508 g/mol. The fourth-order valence-corrected chi connectivity index (χ4v) is 11.3. The maximum Gasteiger partial charge on any atom is 0.244 e. The summed E-state index contributed by atoms with van der Waals surface area (Å²) in [6, 6.07) is 10.7. The SMILES string of the molecule is COc1ccc(S(=O)(=O)N2CCCCC2CNC(=O)C23C[C@@H]4C[C@H]5C[C@H](C2)C3(C5)C4)c2ccccc12. The van der Waals surface area contributed by atoms with Crippen LogP contribution in [0.4, 0.5) is 0 Å². The van der Waals surface area contributed by atoms with Crippen molar-refractivity contribution < 1.29 is 17.9 Å². The van der Waals surface area contributed by atoms with Crippen molar-refractivity contribution in [3.63, 3.8) is 0 Å². The average molecular weight is 509 g/mol. The van der Waals surface area contributed by atoms with Gasteiger partial charge in [0.1, 0.15) is 5.75 Å². The first-order valence-corrected chi connectivity index (χ1v) is 15.2. The van der Waals surface area contributed by atoms with Crippen molar-refractivity contribution in [1.82, 2.24) is 9.62 Å². The van der Waals surface area contributed by atoms with Gasteiger partial charge >= 0.3 is 0 Å².